The standard InChI is InChI=1S/C14H21N5O3/c20-12(21)11-5-4-8-18(9-11)13(22)14(6-2-1-3-7-14)19-10-15-16-17-19/h10-11H,1-9H2,(H,20,21). The number of carboxylic acids is 1. The first-order chi connectivity index (χ1) is 10.6. The van der Waals surface area contributed by atoms with Gasteiger partial charge < -0.3 is 10.0 Å². The van der Waals surface area contributed by atoms with Crippen molar-refractivity contribution in [1.82, 2.24) is 25.1 Å². The summed E-state index contributed by atoms with van der Waals surface area (Å²) in [6.45, 7) is 0.907. The minimum Gasteiger partial charge on any atom is -0.481 e. The van der Waals surface area contributed by atoms with Gasteiger partial charge in [-0.3, -0.25) is 9.59 Å². The second kappa shape index (κ2) is 6.02. The summed E-state index contributed by atoms with van der Waals surface area (Å²) >= 11 is 0. The summed E-state index contributed by atoms with van der Waals surface area (Å²) in [6, 6.07) is 0. The second-order valence-electron chi connectivity index (χ2n) is 6.28. The van der Waals surface area contributed by atoms with Crippen LogP contribution < -0.4 is 0 Å². The van der Waals surface area contributed by atoms with Crippen molar-refractivity contribution in [2.75, 3.05) is 13.1 Å². The van der Waals surface area contributed by atoms with Crippen LogP contribution >= 0.6 is 0 Å². The van der Waals surface area contributed by atoms with E-state index in [1.54, 1.807) is 9.58 Å². The molecule has 1 unspecified atom stereocenters. The molecule has 1 aliphatic heterocycles. The molecule has 1 N–H and O–H groups in total. The van der Waals surface area contributed by atoms with Crippen molar-refractivity contribution in [2.45, 2.75) is 50.5 Å². The van der Waals surface area contributed by atoms with Crippen LogP contribution in [0.3, 0.4) is 0 Å². The molecule has 8 nitrogen and oxygen atoms in total. The third-order valence-corrected chi connectivity index (χ3v) is 4.92. The molecule has 0 radical (unpaired) electrons. The molecular weight excluding hydrogens is 286 g/mol. The van der Waals surface area contributed by atoms with Crippen LogP contribution in [0.15, 0.2) is 6.33 Å². The molecule has 1 aromatic heterocycles. The van der Waals surface area contributed by atoms with Crippen LogP contribution in [-0.4, -0.2) is 55.2 Å². The van der Waals surface area contributed by atoms with Crippen molar-refractivity contribution in [3.05, 3.63) is 6.33 Å². The molecule has 2 fully saturated rings. The monoisotopic (exact) mass is 307 g/mol. The average molecular weight is 307 g/mol. The number of aliphatic carboxylic acids is 1. The van der Waals surface area contributed by atoms with E-state index in [-0.39, 0.29) is 12.5 Å². The van der Waals surface area contributed by atoms with Gasteiger partial charge in [0, 0.05) is 13.1 Å². The Morgan fingerprint density at radius 1 is 1.18 bits per heavy atom. The molecule has 22 heavy (non-hydrogen) atoms. The van der Waals surface area contributed by atoms with Crippen LogP contribution in [0, 0.1) is 5.92 Å². The predicted octanol–water partition coefficient (Wildman–Crippen LogP) is 0.656. The van der Waals surface area contributed by atoms with E-state index in [9.17, 15) is 14.7 Å². The van der Waals surface area contributed by atoms with Crippen molar-refractivity contribution < 1.29 is 14.7 Å². The molecule has 1 atom stereocenters. The number of aromatic nitrogens is 4. The number of carbonyl (C=O) groups excluding carboxylic acids is 1. The Hall–Kier alpha value is -1.99. The molecule has 0 bridgehead atoms. The molecule has 1 saturated carbocycles. The van der Waals surface area contributed by atoms with Crippen molar-refractivity contribution in [1.29, 1.82) is 0 Å². The SMILES string of the molecule is O=C(O)C1CCCN(C(=O)C2(n3cnnn3)CCCCC2)C1. The number of rotatable bonds is 3. The number of carbonyl (C=O) groups is 2. The Morgan fingerprint density at radius 2 is 1.95 bits per heavy atom. The maximum atomic E-state index is 13.2. The zero-order chi connectivity index (χ0) is 15.6. The van der Waals surface area contributed by atoms with Crippen molar-refractivity contribution in [3.8, 4) is 0 Å². The lowest BCUT2D eigenvalue weighted by molar-refractivity contribution is -0.150. The van der Waals surface area contributed by atoms with Gasteiger partial charge in [0.05, 0.1) is 5.92 Å². The van der Waals surface area contributed by atoms with E-state index in [1.807, 2.05) is 0 Å². The van der Waals surface area contributed by atoms with Crippen LogP contribution in [0.4, 0.5) is 0 Å². The fourth-order valence-electron chi connectivity index (χ4n) is 3.69. The molecule has 8 heteroatoms. The number of hydrogen-bond acceptors (Lipinski definition) is 5. The Morgan fingerprint density at radius 3 is 2.59 bits per heavy atom. The number of likely N-dealkylation sites (tertiary alicyclic amines) is 1. The van der Waals surface area contributed by atoms with Crippen molar-refractivity contribution in [2.24, 2.45) is 5.92 Å². The Balaban J connectivity index is 1.85. The van der Waals surface area contributed by atoms with Gasteiger partial charge in [-0.15, -0.1) is 5.10 Å². The van der Waals surface area contributed by atoms with Crippen LogP contribution in [0.5, 0.6) is 0 Å². The zero-order valence-electron chi connectivity index (χ0n) is 12.5. The van der Waals surface area contributed by atoms with Gasteiger partial charge in [-0.2, -0.15) is 0 Å². The fourth-order valence-corrected chi connectivity index (χ4v) is 3.69. The molecular formula is C14H21N5O3. The molecule has 2 aliphatic rings. The predicted molar refractivity (Wildman–Crippen MR) is 75.8 cm³/mol. The summed E-state index contributed by atoms with van der Waals surface area (Å²) in [5, 5.41) is 20.6. The number of carboxylic acid groups (broad SMARTS) is 1. The van der Waals surface area contributed by atoms with Crippen LogP contribution in [0.25, 0.3) is 0 Å². The van der Waals surface area contributed by atoms with E-state index >= 15 is 0 Å². The molecule has 2 heterocycles. The average Bonchev–Trinajstić information content (AvgIpc) is 3.10. The molecule has 120 valence electrons. The van der Waals surface area contributed by atoms with E-state index in [4.69, 9.17) is 0 Å². The lowest BCUT2D eigenvalue weighted by atomic mass is 9.80. The third kappa shape index (κ3) is 2.57. The highest BCUT2D eigenvalue weighted by Gasteiger charge is 2.46. The summed E-state index contributed by atoms with van der Waals surface area (Å²) < 4.78 is 1.58. The van der Waals surface area contributed by atoms with Crippen molar-refractivity contribution >= 4 is 11.9 Å². The Labute approximate surface area is 128 Å². The highest BCUT2D eigenvalue weighted by atomic mass is 16.4. The molecule has 0 aromatic carbocycles. The van der Waals surface area contributed by atoms with Gasteiger partial charge in [0.25, 0.3) is 5.91 Å². The maximum absolute atomic E-state index is 13.2. The van der Waals surface area contributed by atoms with Gasteiger partial charge in [-0.1, -0.05) is 19.3 Å². The largest absolute Gasteiger partial charge is 0.481 e. The van der Waals surface area contributed by atoms with Gasteiger partial charge in [0.2, 0.25) is 0 Å². The first-order valence-corrected chi connectivity index (χ1v) is 7.89. The maximum Gasteiger partial charge on any atom is 0.308 e. The van der Waals surface area contributed by atoms with E-state index in [2.05, 4.69) is 15.5 Å². The molecule has 1 aliphatic carbocycles. The summed E-state index contributed by atoms with van der Waals surface area (Å²) in [6.07, 6.45) is 7.32. The van der Waals surface area contributed by atoms with Gasteiger partial charge >= 0.3 is 5.97 Å². The van der Waals surface area contributed by atoms with E-state index in [0.29, 0.717) is 25.8 Å². The Kier molecular flexibility index (Phi) is 4.08. The minimum absolute atomic E-state index is 0.0227. The highest BCUT2D eigenvalue weighted by Crippen LogP contribution is 2.36. The smallest absolute Gasteiger partial charge is 0.308 e. The molecule has 3 rings (SSSR count). The molecule has 1 aromatic rings. The van der Waals surface area contributed by atoms with E-state index in [1.165, 1.54) is 6.33 Å². The topological polar surface area (TPSA) is 101 Å². The van der Waals surface area contributed by atoms with Crippen molar-refractivity contribution in [3.63, 3.8) is 0 Å². The first kappa shape index (κ1) is 14.9. The van der Waals surface area contributed by atoms with Crippen LogP contribution in [0.2, 0.25) is 0 Å². The fraction of sp³-hybridized carbons (Fsp3) is 0.786. The highest BCUT2D eigenvalue weighted by molar-refractivity contribution is 5.85. The summed E-state index contributed by atoms with van der Waals surface area (Å²) in [5.74, 6) is -1.31. The van der Waals surface area contributed by atoms with Gasteiger partial charge in [-0.05, 0) is 36.1 Å². The van der Waals surface area contributed by atoms with Crippen LogP contribution in [0.1, 0.15) is 44.9 Å². The lowest BCUT2D eigenvalue weighted by Gasteiger charge is -2.41. The number of piperidine rings is 1. The zero-order valence-corrected chi connectivity index (χ0v) is 12.5. The van der Waals surface area contributed by atoms with E-state index in [0.717, 1.165) is 25.7 Å². The van der Waals surface area contributed by atoms with Crippen LogP contribution in [-0.2, 0) is 15.1 Å². The van der Waals surface area contributed by atoms with Gasteiger partial charge in [-0.25, -0.2) is 4.68 Å². The number of amides is 1. The first-order valence-electron chi connectivity index (χ1n) is 7.89. The summed E-state index contributed by atoms with van der Waals surface area (Å²) in [5.41, 5.74) is -0.734. The number of hydrogen-bond donors (Lipinski definition) is 1. The minimum atomic E-state index is -0.822. The lowest BCUT2D eigenvalue weighted by Crippen LogP contribution is -2.55. The van der Waals surface area contributed by atoms with Gasteiger partial charge in [0.1, 0.15) is 11.9 Å². The second-order valence-corrected chi connectivity index (χ2v) is 6.28. The number of nitrogens with zero attached hydrogens (tertiary/aromatic N) is 5. The number of tetrazole rings is 1. The summed E-state index contributed by atoms with van der Waals surface area (Å²) in [4.78, 5) is 26.1. The van der Waals surface area contributed by atoms with E-state index < -0.39 is 17.4 Å². The quantitative estimate of drug-likeness (QED) is 0.880. The normalized spacial score (nSPS) is 24.9. The molecule has 0 spiro atoms. The molecule has 1 amide bonds. The summed E-state index contributed by atoms with van der Waals surface area (Å²) in [7, 11) is 0. The Bertz CT molecular complexity index is 539. The third-order valence-electron chi connectivity index (χ3n) is 4.92. The molecule has 1 saturated heterocycles. The van der Waals surface area contributed by atoms with Gasteiger partial charge in [0.15, 0.2) is 0 Å².